The number of hydrogen-bond donors (Lipinski definition) is 2. The summed E-state index contributed by atoms with van der Waals surface area (Å²) in [5.41, 5.74) is 2.82. The monoisotopic (exact) mass is 550 g/mol. The predicted molar refractivity (Wildman–Crippen MR) is 156 cm³/mol. The Morgan fingerprint density at radius 2 is 1.66 bits per heavy atom. The number of rotatable bonds is 7. The third kappa shape index (κ3) is 7.24. The van der Waals surface area contributed by atoms with Crippen LogP contribution in [0.1, 0.15) is 34.6 Å². The van der Waals surface area contributed by atoms with Crippen LogP contribution in [-0.2, 0) is 0 Å². The summed E-state index contributed by atoms with van der Waals surface area (Å²) in [4.78, 5) is 29.7. The van der Waals surface area contributed by atoms with Gasteiger partial charge in [-0.3, -0.25) is 14.9 Å². The first-order valence-electron chi connectivity index (χ1n) is 12.5. The van der Waals surface area contributed by atoms with Crippen molar-refractivity contribution in [2.75, 3.05) is 43.0 Å². The van der Waals surface area contributed by atoms with E-state index in [0.717, 1.165) is 11.4 Å². The summed E-state index contributed by atoms with van der Waals surface area (Å²) in [5.74, 6) is 0.708. The molecule has 1 saturated heterocycles. The van der Waals surface area contributed by atoms with Crippen LogP contribution in [0.3, 0.4) is 0 Å². The van der Waals surface area contributed by atoms with E-state index >= 15 is 0 Å². The molecular weight excluding hydrogens is 520 g/mol. The van der Waals surface area contributed by atoms with Gasteiger partial charge in [-0.1, -0.05) is 43.6 Å². The van der Waals surface area contributed by atoms with Crippen LogP contribution < -0.4 is 20.3 Å². The van der Waals surface area contributed by atoms with Gasteiger partial charge in [-0.25, -0.2) is 0 Å². The van der Waals surface area contributed by atoms with E-state index in [9.17, 15) is 9.59 Å². The van der Waals surface area contributed by atoms with Crippen molar-refractivity contribution in [1.29, 1.82) is 0 Å². The lowest BCUT2D eigenvalue weighted by Gasteiger charge is -2.37. The number of para-hydroxylation sites is 2. The summed E-state index contributed by atoms with van der Waals surface area (Å²) in [7, 11) is 0. The first-order valence-corrected chi connectivity index (χ1v) is 13.3. The summed E-state index contributed by atoms with van der Waals surface area (Å²) >= 11 is 11.4. The van der Waals surface area contributed by atoms with E-state index < -0.39 is 0 Å². The van der Waals surface area contributed by atoms with E-state index in [1.807, 2.05) is 35.2 Å². The van der Waals surface area contributed by atoms with Crippen LogP contribution >= 0.6 is 23.8 Å². The Morgan fingerprint density at radius 3 is 2.37 bits per heavy atom. The summed E-state index contributed by atoms with van der Waals surface area (Å²) in [6.07, 6.45) is 0. The molecule has 1 heterocycles. The average molecular weight is 551 g/mol. The minimum Gasteiger partial charge on any atom is -0.493 e. The van der Waals surface area contributed by atoms with Crippen LogP contribution in [0.5, 0.6) is 5.75 Å². The third-order valence-electron chi connectivity index (χ3n) is 6.06. The smallest absolute Gasteiger partial charge is 0.257 e. The Labute approximate surface area is 233 Å². The molecule has 1 aliphatic heterocycles. The second-order valence-electron chi connectivity index (χ2n) is 9.44. The van der Waals surface area contributed by atoms with Crippen molar-refractivity contribution >= 4 is 52.1 Å². The van der Waals surface area contributed by atoms with Crippen LogP contribution in [0.4, 0.5) is 11.4 Å². The van der Waals surface area contributed by atoms with Gasteiger partial charge in [-0.15, -0.1) is 0 Å². The number of nitrogens with zero attached hydrogens (tertiary/aromatic N) is 2. The van der Waals surface area contributed by atoms with E-state index in [1.165, 1.54) is 0 Å². The van der Waals surface area contributed by atoms with Crippen molar-refractivity contribution in [2.24, 2.45) is 5.92 Å². The second kappa shape index (κ2) is 12.8. The summed E-state index contributed by atoms with van der Waals surface area (Å²) in [6.45, 7) is 7.23. The molecule has 0 spiro atoms. The van der Waals surface area contributed by atoms with Crippen molar-refractivity contribution in [1.82, 2.24) is 10.2 Å². The van der Waals surface area contributed by atoms with E-state index in [0.29, 0.717) is 60.6 Å². The van der Waals surface area contributed by atoms with E-state index in [2.05, 4.69) is 29.4 Å². The lowest BCUT2D eigenvalue weighted by molar-refractivity contribution is 0.0746. The minimum atomic E-state index is -0.315. The minimum absolute atomic E-state index is 0.00436. The van der Waals surface area contributed by atoms with Gasteiger partial charge in [0.1, 0.15) is 5.75 Å². The maximum Gasteiger partial charge on any atom is 0.257 e. The number of nitrogens with one attached hydrogen (secondary N) is 2. The molecule has 7 nitrogen and oxygen atoms in total. The molecule has 1 fully saturated rings. The van der Waals surface area contributed by atoms with Gasteiger partial charge in [0.2, 0.25) is 0 Å². The molecule has 0 saturated carbocycles. The zero-order valence-electron chi connectivity index (χ0n) is 21.4. The van der Waals surface area contributed by atoms with Gasteiger partial charge in [-0.05, 0) is 72.7 Å². The number of hydrogen-bond acceptors (Lipinski definition) is 5. The molecule has 3 aromatic rings. The molecule has 198 valence electrons. The highest BCUT2D eigenvalue weighted by molar-refractivity contribution is 7.80. The quantitative estimate of drug-likeness (QED) is 0.380. The fraction of sp³-hybridized carbons (Fsp3) is 0.276. The summed E-state index contributed by atoms with van der Waals surface area (Å²) in [5, 5.41) is 6.72. The Kier molecular flexibility index (Phi) is 9.20. The lowest BCUT2D eigenvalue weighted by atomic mass is 10.1. The Hall–Kier alpha value is -3.62. The molecule has 4 rings (SSSR count). The van der Waals surface area contributed by atoms with Crippen molar-refractivity contribution in [2.45, 2.75) is 13.8 Å². The number of ether oxygens (including phenoxy) is 1. The maximum absolute atomic E-state index is 12.9. The first kappa shape index (κ1) is 27.4. The normalized spacial score (nSPS) is 13.3. The van der Waals surface area contributed by atoms with E-state index in [-0.39, 0.29) is 16.9 Å². The molecule has 38 heavy (non-hydrogen) atoms. The van der Waals surface area contributed by atoms with Gasteiger partial charge >= 0.3 is 0 Å². The molecular formula is C29H31ClN4O3S. The molecule has 0 unspecified atom stereocenters. The Morgan fingerprint density at radius 1 is 0.947 bits per heavy atom. The highest BCUT2D eigenvalue weighted by atomic mass is 35.5. The van der Waals surface area contributed by atoms with Crippen molar-refractivity contribution in [3.05, 3.63) is 88.9 Å². The van der Waals surface area contributed by atoms with Crippen LogP contribution in [0.2, 0.25) is 5.02 Å². The van der Waals surface area contributed by atoms with Crippen LogP contribution in [0, 0.1) is 5.92 Å². The summed E-state index contributed by atoms with van der Waals surface area (Å²) in [6, 6.07) is 21.8. The van der Waals surface area contributed by atoms with E-state index in [4.69, 9.17) is 28.6 Å². The van der Waals surface area contributed by atoms with Crippen LogP contribution in [-0.4, -0.2) is 54.6 Å². The molecule has 0 aromatic heterocycles. The van der Waals surface area contributed by atoms with E-state index in [1.54, 1.807) is 42.5 Å². The number of amides is 2. The molecule has 1 aliphatic rings. The number of halogens is 1. The van der Waals surface area contributed by atoms with Gasteiger partial charge in [0.05, 0.1) is 18.0 Å². The molecule has 0 atom stereocenters. The first-order chi connectivity index (χ1) is 18.3. The average Bonchev–Trinajstić information content (AvgIpc) is 2.92. The fourth-order valence-electron chi connectivity index (χ4n) is 4.10. The van der Waals surface area contributed by atoms with Crippen LogP contribution in [0.25, 0.3) is 0 Å². The molecule has 0 bridgehead atoms. The molecule has 2 N–H and O–H groups in total. The molecule has 0 aliphatic carbocycles. The molecule has 3 aromatic carbocycles. The van der Waals surface area contributed by atoms with Crippen LogP contribution in [0.15, 0.2) is 72.8 Å². The predicted octanol–water partition coefficient (Wildman–Crippen LogP) is 5.46. The number of carbonyl (C=O) groups excluding carboxylic acids is 2. The number of benzene rings is 3. The fourth-order valence-corrected chi connectivity index (χ4v) is 4.43. The van der Waals surface area contributed by atoms with Gasteiger partial charge in [-0.2, -0.15) is 0 Å². The summed E-state index contributed by atoms with van der Waals surface area (Å²) < 4.78 is 5.73. The maximum atomic E-state index is 12.9. The van der Waals surface area contributed by atoms with Gasteiger partial charge in [0, 0.05) is 42.3 Å². The highest BCUT2D eigenvalue weighted by Gasteiger charge is 2.24. The second-order valence-corrected chi connectivity index (χ2v) is 10.3. The van der Waals surface area contributed by atoms with Crippen molar-refractivity contribution in [3.63, 3.8) is 0 Å². The topological polar surface area (TPSA) is 73.9 Å². The SMILES string of the molecule is CC(C)COc1cccc(C(=O)NC(=S)Nc2ccccc2N2CCN(C(=O)c3ccc(Cl)cc3)CC2)c1. The molecule has 2 amide bonds. The molecule has 9 heteroatoms. The lowest BCUT2D eigenvalue weighted by Crippen LogP contribution is -2.49. The zero-order chi connectivity index (χ0) is 27.1. The van der Waals surface area contributed by atoms with Gasteiger partial charge < -0.3 is 19.9 Å². The number of anilines is 2. The zero-order valence-corrected chi connectivity index (χ0v) is 23.0. The molecule has 0 radical (unpaired) electrons. The highest BCUT2D eigenvalue weighted by Crippen LogP contribution is 2.27. The third-order valence-corrected chi connectivity index (χ3v) is 6.51. The number of thiocarbonyl (C=S) groups is 1. The standard InChI is InChI=1S/C29H31ClN4O3S/c1-20(2)19-37-24-7-5-6-22(18-24)27(35)32-29(38)31-25-8-3-4-9-26(25)33-14-16-34(17-15-33)28(36)21-10-12-23(30)13-11-21/h3-13,18,20H,14-17,19H2,1-2H3,(H2,31,32,35,38). The number of carbonyl (C=O) groups is 2. The Bertz CT molecular complexity index is 1290. The van der Waals surface area contributed by atoms with Crippen molar-refractivity contribution < 1.29 is 14.3 Å². The van der Waals surface area contributed by atoms with Gasteiger partial charge in [0.15, 0.2) is 5.11 Å². The number of piperazine rings is 1. The van der Waals surface area contributed by atoms with Crippen molar-refractivity contribution in [3.8, 4) is 5.75 Å². The Balaban J connectivity index is 1.35. The largest absolute Gasteiger partial charge is 0.493 e. The van der Waals surface area contributed by atoms with Gasteiger partial charge in [0.25, 0.3) is 11.8 Å².